The van der Waals surface area contributed by atoms with Crippen LogP contribution in [-0.2, 0) is 32.9 Å². The van der Waals surface area contributed by atoms with Crippen LogP contribution in [-0.4, -0.2) is 18.0 Å². The van der Waals surface area contributed by atoms with E-state index in [0.29, 0.717) is 0 Å². The molecule has 3 aromatic heterocycles. The smallest absolute Gasteiger partial charge is 0.120 e. The van der Waals surface area contributed by atoms with Crippen molar-refractivity contribution in [3.05, 3.63) is 138 Å². The van der Waals surface area contributed by atoms with E-state index in [1.54, 1.807) is 0 Å². The Hall–Kier alpha value is -4.15. The van der Waals surface area contributed by atoms with Gasteiger partial charge in [-0.2, -0.15) is 0 Å². The van der Waals surface area contributed by atoms with Gasteiger partial charge in [0.25, 0.3) is 0 Å². The third kappa shape index (κ3) is 6.80. The maximum Gasteiger partial charge on any atom is 0.120 e. The van der Waals surface area contributed by atoms with Crippen LogP contribution in [0, 0.1) is 19.1 Å². The van der Waals surface area contributed by atoms with E-state index in [1.807, 2.05) is 36.5 Å². The van der Waals surface area contributed by atoms with Crippen molar-refractivity contribution in [1.82, 2.24) is 9.97 Å². The molecule has 5 heteroatoms. The minimum absolute atomic E-state index is 0. The summed E-state index contributed by atoms with van der Waals surface area (Å²) in [4.78, 5) is 9.34. The van der Waals surface area contributed by atoms with Crippen molar-refractivity contribution in [3.63, 3.8) is 0 Å². The predicted molar refractivity (Wildman–Crippen MR) is 194 cm³/mol. The van der Waals surface area contributed by atoms with E-state index in [-0.39, 0.29) is 20.1 Å². The van der Waals surface area contributed by atoms with Crippen LogP contribution >= 0.6 is 0 Å². The number of rotatable bonds is 4. The van der Waals surface area contributed by atoms with Gasteiger partial charge in [-0.15, -0.1) is 54.1 Å². The molecular weight excluding hydrogens is 769 g/mol. The molecule has 0 fully saturated rings. The van der Waals surface area contributed by atoms with Crippen LogP contribution < -0.4 is 5.19 Å². The Morgan fingerprint density at radius 3 is 2.32 bits per heavy atom. The number of pyridine rings is 2. The topological polar surface area (TPSA) is 38.9 Å². The Balaban J connectivity index is 0.000000185. The Labute approximate surface area is 292 Å². The zero-order chi connectivity index (χ0) is 31.7. The fraction of sp³-hybridized carbons (Fsp3) is 0.190. The zero-order valence-electron chi connectivity index (χ0n) is 27.4. The normalized spacial score (nSPS) is 12.6. The molecule has 0 unspecified atom stereocenters. The number of aryl methyl sites for hydroxylation is 2. The van der Waals surface area contributed by atoms with E-state index in [2.05, 4.69) is 117 Å². The van der Waals surface area contributed by atoms with E-state index < -0.39 is 8.07 Å². The summed E-state index contributed by atoms with van der Waals surface area (Å²) in [6.07, 6.45) is 8.70. The second-order valence-electron chi connectivity index (χ2n) is 13.2. The summed E-state index contributed by atoms with van der Waals surface area (Å²) in [6.45, 7) is 9.24. The second-order valence-corrected chi connectivity index (χ2v) is 18.2. The molecule has 1 aliphatic carbocycles. The van der Waals surface area contributed by atoms with Crippen molar-refractivity contribution in [2.75, 3.05) is 0 Å². The largest absolute Gasteiger partial charge is 0.501 e. The van der Waals surface area contributed by atoms with Crippen LogP contribution in [0.1, 0.15) is 29.5 Å². The molecule has 1 radical (unpaired) electrons. The monoisotopic (exact) mass is 807 g/mol. The summed E-state index contributed by atoms with van der Waals surface area (Å²) >= 11 is 0. The predicted octanol–water partition coefficient (Wildman–Crippen LogP) is 10.4. The summed E-state index contributed by atoms with van der Waals surface area (Å²) in [5.74, 6) is 0. The van der Waals surface area contributed by atoms with Gasteiger partial charge in [-0.05, 0) is 78.5 Å². The molecule has 0 spiro atoms. The quantitative estimate of drug-likeness (QED) is 0.131. The average Bonchev–Trinajstić information content (AvgIpc) is 3.47. The van der Waals surface area contributed by atoms with Crippen LogP contribution in [0.2, 0.25) is 19.6 Å². The van der Waals surface area contributed by atoms with Gasteiger partial charge >= 0.3 is 0 Å². The van der Waals surface area contributed by atoms with Gasteiger partial charge in [0, 0.05) is 37.9 Å². The fourth-order valence-electron chi connectivity index (χ4n) is 6.65. The number of furan rings is 1. The van der Waals surface area contributed by atoms with Crippen LogP contribution in [0.3, 0.4) is 0 Å². The van der Waals surface area contributed by atoms with E-state index in [9.17, 15) is 0 Å². The zero-order valence-corrected chi connectivity index (χ0v) is 30.8. The molecule has 1 aliphatic rings. The van der Waals surface area contributed by atoms with Crippen molar-refractivity contribution < 1.29 is 24.5 Å². The molecule has 3 nitrogen and oxygen atoms in total. The van der Waals surface area contributed by atoms with Gasteiger partial charge in [-0.3, -0.25) is 0 Å². The summed E-state index contributed by atoms with van der Waals surface area (Å²) in [5.41, 5.74) is 12.5. The molecule has 0 saturated heterocycles. The summed E-state index contributed by atoms with van der Waals surface area (Å²) in [7, 11) is -1.27. The molecule has 0 atom stereocenters. The minimum Gasteiger partial charge on any atom is -0.501 e. The van der Waals surface area contributed by atoms with Gasteiger partial charge < -0.3 is 14.4 Å². The van der Waals surface area contributed by atoms with E-state index >= 15 is 0 Å². The first-order valence-electron chi connectivity index (χ1n) is 16.2. The number of benzene rings is 4. The SMILES string of the molecule is Cc1cc(-c2[c-]cccc2)ncc1[Si](C)(C)C.[Ir].[c-]1ccc2c(oc3ccc(-c4ccccc4)cc32)c1-c1nccc2c1CCCC2. The summed E-state index contributed by atoms with van der Waals surface area (Å²) < 4.78 is 6.35. The van der Waals surface area contributed by atoms with Gasteiger partial charge in [-0.1, -0.05) is 89.7 Å². The number of hydrogen-bond acceptors (Lipinski definition) is 3. The van der Waals surface area contributed by atoms with Gasteiger partial charge in [0.15, 0.2) is 0 Å². The molecule has 8 rings (SSSR count). The van der Waals surface area contributed by atoms with E-state index in [0.717, 1.165) is 57.3 Å². The molecule has 0 saturated carbocycles. The standard InChI is InChI=1S/C27H20NO.C15H18NSi.Ir/c1-2-7-18(8-3-1)20-13-14-25-24(17-20)22-11-6-12-23(27(22)29-25)26-21-10-5-4-9-19(21)15-16-28-26;1-12-10-14(13-8-6-5-7-9-13)16-11-15(12)17(2,3)4;/h1-3,6-8,11,13-17H,4-5,9-10H2;5-8,10-11H,1-4H3;/q2*-1;. The molecule has 4 aromatic carbocycles. The summed E-state index contributed by atoms with van der Waals surface area (Å²) in [6, 6.07) is 40.0. The maximum absolute atomic E-state index is 6.35. The van der Waals surface area contributed by atoms with Crippen molar-refractivity contribution in [1.29, 1.82) is 0 Å². The Kier molecular flexibility index (Phi) is 9.70. The Morgan fingerprint density at radius 2 is 1.55 bits per heavy atom. The second kappa shape index (κ2) is 13.9. The van der Waals surface area contributed by atoms with Crippen molar-refractivity contribution >= 4 is 35.2 Å². The third-order valence-electron chi connectivity index (χ3n) is 8.95. The molecule has 3 heterocycles. The molecule has 7 aromatic rings. The van der Waals surface area contributed by atoms with Gasteiger partial charge in [0.2, 0.25) is 0 Å². The average molecular weight is 807 g/mol. The maximum atomic E-state index is 6.35. The van der Waals surface area contributed by atoms with E-state index in [1.165, 1.54) is 45.8 Å². The molecule has 0 bridgehead atoms. The molecule has 0 aliphatic heterocycles. The minimum atomic E-state index is -1.27. The van der Waals surface area contributed by atoms with Crippen LogP contribution in [0.25, 0.3) is 55.6 Å². The van der Waals surface area contributed by atoms with Crippen molar-refractivity contribution in [3.8, 4) is 33.6 Å². The first-order chi connectivity index (χ1) is 22.4. The van der Waals surface area contributed by atoms with Crippen molar-refractivity contribution in [2.24, 2.45) is 0 Å². The summed E-state index contributed by atoms with van der Waals surface area (Å²) in [5, 5.41) is 3.71. The molecular formula is C42H38IrN2OSi-2. The molecule has 0 amide bonds. The number of aromatic nitrogens is 2. The number of fused-ring (bicyclic) bond motifs is 4. The number of hydrogen-bond donors (Lipinski definition) is 0. The third-order valence-corrected chi connectivity index (χ3v) is 11.1. The van der Waals surface area contributed by atoms with Gasteiger partial charge in [0.05, 0.1) is 13.7 Å². The van der Waals surface area contributed by atoms with Crippen LogP contribution in [0.5, 0.6) is 0 Å². The molecule has 0 N–H and O–H groups in total. The first kappa shape index (κ1) is 32.8. The number of nitrogens with zero attached hydrogens (tertiary/aromatic N) is 2. The van der Waals surface area contributed by atoms with Crippen molar-refractivity contribution in [2.45, 2.75) is 52.2 Å². The van der Waals surface area contributed by atoms with Gasteiger partial charge in [-0.25, -0.2) is 0 Å². The Bertz CT molecular complexity index is 2150. The fourth-order valence-corrected chi connectivity index (χ4v) is 8.35. The van der Waals surface area contributed by atoms with Gasteiger partial charge in [0.1, 0.15) is 5.58 Å². The van der Waals surface area contributed by atoms with E-state index in [4.69, 9.17) is 9.40 Å². The van der Waals surface area contributed by atoms with Crippen LogP contribution in [0.4, 0.5) is 0 Å². The molecule has 47 heavy (non-hydrogen) atoms. The first-order valence-corrected chi connectivity index (χ1v) is 19.7. The molecule has 237 valence electrons. The van der Waals surface area contributed by atoms with Crippen LogP contribution in [0.15, 0.2) is 114 Å². The Morgan fingerprint density at radius 1 is 0.745 bits per heavy atom.